The first kappa shape index (κ1) is 12.5. The first-order valence-corrected chi connectivity index (χ1v) is 4.50. The molecule has 0 aliphatic rings. The molecule has 0 spiro atoms. The molecule has 0 aromatic heterocycles. The molecule has 0 saturated heterocycles. The summed E-state index contributed by atoms with van der Waals surface area (Å²) in [5.41, 5.74) is 0. The van der Waals surface area contributed by atoms with Crippen LogP contribution >= 0.6 is 0 Å². The smallest absolute Gasteiger partial charge is 0.344 e. The zero-order valence-corrected chi connectivity index (χ0v) is 8.56. The molecule has 0 bridgehead atoms. The SMILES string of the molecule is C=C/C=C\C(=C/C)OC(CC)C(=O)O. The molecule has 1 atom stereocenters. The van der Waals surface area contributed by atoms with Gasteiger partial charge in [0.15, 0.2) is 6.10 Å². The van der Waals surface area contributed by atoms with E-state index in [1.165, 1.54) is 0 Å². The van der Waals surface area contributed by atoms with Crippen molar-refractivity contribution in [3.05, 3.63) is 36.6 Å². The van der Waals surface area contributed by atoms with E-state index < -0.39 is 12.1 Å². The highest BCUT2D eigenvalue weighted by Gasteiger charge is 2.16. The van der Waals surface area contributed by atoms with Crippen molar-refractivity contribution in [1.29, 1.82) is 0 Å². The highest BCUT2D eigenvalue weighted by molar-refractivity contribution is 5.72. The van der Waals surface area contributed by atoms with Gasteiger partial charge in [0.05, 0.1) is 0 Å². The van der Waals surface area contributed by atoms with E-state index in [4.69, 9.17) is 9.84 Å². The average Bonchev–Trinajstić information content (AvgIpc) is 2.18. The fourth-order valence-electron chi connectivity index (χ4n) is 0.839. The number of aliphatic carboxylic acids is 1. The van der Waals surface area contributed by atoms with E-state index in [1.54, 1.807) is 38.2 Å². The molecule has 0 saturated carbocycles. The van der Waals surface area contributed by atoms with Gasteiger partial charge in [0.1, 0.15) is 5.76 Å². The van der Waals surface area contributed by atoms with Crippen LogP contribution in [-0.2, 0) is 9.53 Å². The molecule has 0 heterocycles. The Kier molecular flexibility index (Phi) is 6.20. The second-order valence-electron chi connectivity index (χ2n) is 2.64. The minimum atomic E-state index is -0.946. The summed E-state index contributed by atoms with van der Waals surface area (Å²) < 4.78 is 5.24. The van der Waals surface area contributed by atoms with Crippen molar-refractivity contribution < 1.29 is 14.6 Å². The second-order valence-corrected chi connectivity index (χ2v) is 2.64. The molecule has 3 heteroatoms. The number of hydrogen-bond donors (Lipinski definition) is 1. The van der Waals surface area contributed by atoms with Gasteiger partial charge in [-0.05, 0) is 25.5 Å². The maximum Gasteiger partial charge on any atom is 0.344 e. The standard InChI is InChI=1S/C11H16O3/c1-4-7-8-9(5-2)14-10(6-3)11(12)13/h4-5,7-8,10H,1,6H2,2-3H3,(H,12,13)/b8-7-,9-5+. The van der Waals surface area contributed by atoms with Crippen LogP contribution in [0.25, 0.3) is 0 Å². The van der Waals surface area contributed by atoms with E-state index in [1.807, 2.05) is 0 Å². The van der Waals surface area contributed by atoms with E-state index in [0.29, 0.717) is 12.2 Å². The van der Waals surface area contributed by atoms with Gasteiger partial charge in [0.2, 0.25) is 0 Å². The van der Waals surface area contributed by atoms with Crippen molar-refractivity contribution in [2.45, 2.75) is 26.4 Å². The molecule has 0 amide bonds. The summed E-state index contributed by atoms with van der Waals surface area (Å²) in [5.74, 6) is -0.405. The van der Waals surface area contributed by atoms with Gasteiger partial charge in [-0.3, -0.25) is 0 Å². The van der Waals surface area contributed by atoms with Crippen LogP contribution < -0.4 is 0 Å². The molecule has 0 aromatic carbocycles. The van der Waals surface area contributed by atoms with Crippen LogP contribution in [0, 0.1) is 0 Å². The van der Waals surface area contributed by atoms with Crippen molar-refractivity contribution in [3.8, 4) is 0 Å². The number of rotatable bonds is 6. The number of carbonyl (C=O) groups is 1. The van der Waals surface area contributed by atoms with Crippen LogP contribution in [0.3, 0.4) is 0 Å². The lowest BCUT2D eigenvalue weighted by molar-refractivity contribution is -0.147. The summed E-state index contributed by atoms with van der Waals surface area (Å²) in [6.07, 6.45) is 6.35. The van der Waals surface area contributed by atoms with Gasteiger partial charge < -0.3 is 9.84 Å². The van der Waals surface area contributed by atoms with Gasteiger partial charge in [-0.2, -0.15) is 0 Å². The number of carboxylic acids is 1. The molecule has 0 radical (unpaired) electrons. The fraction of sp³-hybridized carbons (Fsp3) is 0.364. The van der Waals surface area contributed by atoms with Gasteiger partial charge in [0, 0.05) is 0 Å². The van der Waals surface area contributed by atoms with Crippen LogP contribution in [0.15, 0.2) is 36.6 Å². The van der Waals surface area contributed by atoms with E-state index >= 15 is 0 Å². The molecule has 14 heavy (non-hydrogen) atoms. The first-order chi connectivity index (χ1) is 6.65. The maximum atomic E-state index is 10.7. The quantitative estimate of drug-likeness (QED) is 0.524. The Balaban J connectivity index is 4.37. The van der Waals surface area contributed by atoms with Crippen LogP contribution in [-0.4, -0.2) is 17.2 Å². The lowest BCUT2D eigenvalue weighted by atomic mass is 10.3. The summed E-state index contributed by atoms with van der Waals surface area (Å²) >= 11 is 0. The van der Waals surface area contributed by atoms with Crippen molar-refractivity contribution in [3.63, 3.8) is 0 Å². The Bertz CT molecular complexity index is 251. The highest BCUT2D eigenvalue weighted by Crippen LogP contribution is 2.08. The third kappa shape index (κ3) is 4.50. The fourth-order valence-corrected chi connectivity index (χ4v) is 0.839. The number of ether oxygens (including phenoxy) is 1. The molecule has 1 N–H and O–H groups in total. The number of allylic oxidation sites excluding steroid dienone is 4. The Morgan fingerprint density at radius 3 is 2.64 bits per heavy atom. The highest BCUT2D eigenvalue weighted by atomic mass is 16.5. The molecule has 3 nitrogen and oxygen atoms in total. The van der Waals surface area contributed by atoms with Crippen LogP contribution in [0.5, 0.6) is 0 Å². The number of hydrogen-bond acceptors (Lipinski definition) is 2. The largest absolute Gasteiger partial charge is 0.479 e. The molecule has 0 rings (SSSR count). The molecule has 0 aliphatic heterocycles. The molecule has 0 aromatic rings. The molecular formula is C11H16O3. The zero-order chi connectivity index (χ0) is 11.0. The molecule has 0 fully saturated rings. The van der Waals surface area contributed by atoms with Gasteiger partial charge in [-0.1, -0.05) is 25.7 Å². The molecule has 78 valence electrons. The lowest BCUT2D eigenvalue weighted by Crippen LogP contribution is -2.22. The maximum absolute atomic E-state index is 10.7. The Labute approximate surface area is 84.4 Å². The third-order valence-electron chi connectivity index (χ3n) is 1.61. The van der Waals surface area contributed by atoms with Gasteiger partial charge in [0.25, 0.3) is 0 Å². The Morgan fingerprint density at radius 1 is 1.64 bits per heavy atom. The predicted octanol–water partition coefficient (Wildman–Crippen LogP) is 2.51. The molecule has 1 unspecified atom stereocenters. The summed E-state index contributed by atoms with van der Waals surface area (Å²) in [5, 5.41) is 8.75. The van der Waals surface area contributed by atoms with Gasteiger partial charge in [-0.25, -0.2) is 4.79 Å². The summed E-state index contributed by atoms with van der Waals surface area (Å²) in [4.78, 5) is 10.7. The van der Waals surface area contributed by atoms with Crippen molar-refractivity contribution >= 4 is 5.97 Å². The van der Waals surface area contributed by atoms with E-state index in [2.05, 4.69) is 6.58 Å². The monoisotopic (exact) mass is 196 g/mol. The van der Waals surface area contributed by atoms with Gasteiger partial charge >= 0.3 is 5.97 Å². The van der Waals surface area contributed by atoms with E-state index in [-0.39, 0.29) is 0 Å². The minimum Gasteiger partial charge on any atom is -0.479 e. The van der Waals surface area contributed by atoms with Crippen molar-refractivity contribution in [2.75, 3.05) is 0 Å². The zero-order valence-electron chi connectivity index (χ0n) is 8.56. The second kappa shape index (κ2) is 6.95. The summed E-state index contributed by atoms with van der Waals surface area (Å²) in [7, 11) is 0. The third-order valence-corrected chi connectivity index (χ3v) is 1.61. The molecular weight excluding hydrogens is 180 g/mol. The van der Waals surface area contributed by atoms with Crippen molar-refractivity contribution in [1.82, 2.24) is 0 Å². The molecule has 0 aliphatic carbocycles. The first-order valence-electron chi connectivity index (χ1n) is 4.50. The topological polar surface area (TPSA) is 46.5 Å². The Morgan fingerprint density at radius 2 is 2.29 bits per heavy atom. The van der Waals surface area contributed by atoms with Gasteiger partial charge in [-0.15, -0.1) is 0 Å². The minimum absolute atomic E-state index is 0.439. The summed E-state index contributed by atoms with van der Waals surface area (Å²) in [6, 6.07) is 0. The predicted molar refractivity (Wildman–Crippen MR) is 55.9 cm³/mol. The lowest BCUT2D eigenvalue weighted by Gasteiger charge is -2.13. The van der Waals surface area contributed by atoms with E-state index in [9.17, 15) is 4.79 Å². The summed E-state index contributed by atoms with van der Waals surface area (Å²) in [6.45, 7) is 7.07. The number of carboxylic acid groups (broad SMARTS) is 1. The average molecular weight is 196 g/mol. The van der Waals surface area contributed by atoms with Crippen molar-refractivity contribution in [2.24, 2.45) is 0 Å². The van der Waals surface area contributed by atoms with E-state index in [0.717, 1.165) is 0 Å². The van der Waals surface area contributed by atoms with Crippen LogP contribution in [0.4, 0.5) is 0 Å². The normalized spacial score (nSPS) is 14.0. The van der Waals surface area contributed by atoms with Crippen LogP contribution in [0.1, 0.15) is 20.3 Å². The Hall–Kier alpha value is -1.51. The van der Waals surface area contributed by atoms with Crippen LogP contribution in [0.2, 0.25) is 0 Å².